The average molecular weight is 440 g/mol. The van der Waals surface area contributed by atoms with E-state index in [1.165, 1.54) is 17.2 Å². The molecule has 3 amide bonds. The molecule has 32 heavy (non-hydrogen) atoms. The molecule has 0 bridgehead atoms. The van der Waals surface area contributed by atoms with Crippen LogP contribution in [0.15, 0.2) is 48.5 Å². The molecule has 0 spiro atoms. The van der Waals surface area contributed by atoms with Crippen molar-refractivity contribution in [3.63, 3.8) is 0 Å². The largest absolute Gasteiger partial charge is 0.381 e. The van der Waals surface area contributed by atoms with Gasteiger partial charge in [-0.2, -0.15) is 0 Å². The maximum absolute atomic E-state index is 13.8. The second-order valence-corrected chi connectivity index (χ2v) is 8.63. The van der Waals surface area contributed by atoms with E-state index in [0.29, 0.717) is 52.2 Å². The third-order valence-electron chi connectivity index (χ3n) is 6.52. The van der Waals surface area contributed by atoms with Crippen molar-refractivity contribution in [3.8, 4) is 0 Å². The summed E-state index contributed by atoms with van der Waals surface area (Å²) in [7, 11) is 0. The third-order valence-corrected chi connectivity index (χ3v) is 6.52. The van der Waals surface area contributed by atoms with E-state index in [0.717, 1.165) is 18.4 Å². The first kappa shape index (κ1) is 22.3. The average Bonchev–Trinajstić information content (AvgIpc) is 3.25. The second kappa shape index (κ2) is 10.1. The Kier molecular flexibility index (Phi) is 7.05. The molecule has 0 unspecified atom stereocenters. The number of nitrogens with one attached hydrogen (secondary N) is 2. The Morgan fingerprint density at radius 2 is 1.72 bits per heavy atom. The number of carbonyl (C=O) groups excluding carboxylic acids is 2. The van der Waals surface area contributed by atoms with Gasteiger partial charge in [0.2, 0.25) is 5.91 Å². The van der Waals surface area contributed by atoms with Gasteiger partial charge in [0.25, 0.3) is 0 Å². The van der Waals surface area contributed by atoms with Gasteiger partial charge in [-0.25, -0.2) is 9.18 Å². The van der Waals surface area contributed by atoms with Gasteiger partial charge in [0.05, 0.1) is 0 Å². The second-order valence-electron chi connectivity index (χ2n) is 8.63. The molecule has 0 saturated carbocycles. The van der Waals surface area contributed by atoms with Crippen LogP contribution < -0.4 is 10.6 Å². The molecule has 6 nitrogen and oxygen atoms in total. The van der Waals surface area contributed by atoms with Crippen molar-refractivity contribution in [3.05, 3.63) is 71.0 Å². The van der Waals surface area contributed by atoms with E-state index in [2.05, 4.69) is 22.8 Å². The van der Waals surface area contributed by atoms with Crippen LogP contribution in [0.4, 0.5) is 9.18 Å². The van der Waals surface area contributed by atoms with E-state index in [1.54, 1.807) is 12.1 Å². The van der Waals surface area contributed by atoms with Gasteiger partial charge in [-0.3, -0.25) is 4.79 Å². The van der Waals surface area contributed by atoms with Crippen LogP contribution in [0.3, 0.4) is 0 Å². The monoisotopic (exact) mass is 439 g/mol. The summed E-state index contributed by atoms with van der Waals surface area (Å²) in [6, 6.07) is 14.4. The summed E-state index contributed by atoms with van der Waals surface area (Å²) in [5, 5.41) is 5.78. The molecular weight excluding hydrogens is 409 g/mol. The number of halogens is 1. The van der Waals surface area contributed by atoms with Gasteiger partial charge in [0.15, 0.2) is 0 Å². The van der Waals surface area contributed by atoms with E-state index < -0.39 is 0 Å². The molecule has 4 rings (SSSR count). The lowest BCUT2D eigenvalue weighted by atomic mass is 9.74. The summed E-state index contributed by atoms with van der Waals surface area (Å²) < 4.78 is 19.3. The molecule has 1 fully saturated rings. The highest BCUT2D eigenvalue weighted by Crippen LogP contribution is 2.34. The van der Waals surface area contributed by atoms with Crippen molar-refractivity contribution in [2.75, 3.05) is 26.3 Å². The van der Waals surface area contributed by atoms with Crippen molar-refractivity contribution in [2.24, 2.45) is 0 Å². The summed E-state index contributed by atoms with van der Waals surface area (Å²) in [6.45, 7) is 3.33. The predicted octanol–water partition coefficient (Wildman–Crippen LogP) is 3.50. The maximum atomic E-state index is 13.8. The molecule has 7 heteroatoms. The van der Waals surface area contributed by atoms with Crippen LogP contribution in [0, 0.1) is 5.82 Å². The van der Waals surface area contributed by atoms with Crippen LogP contribution in [-0.2, 0) is 28.0 Å². The first-order valence-corrected chi connectivity index (χ1v) is 11.3. The molecule has 2 aliphatic rings. The number of fused-ring (bicyclic) bond motifs is 1. The third kappa shape index (κ3) is 5.27. The molecule has 2 N–H and O–H groups in total. The molecule has 0 aromatic heterocycles. The fourth-order valence-electron chi connectivity index (χ4n) is 4.57. The minimum Gasteiger partial charge on any atom is -0.381 e. The number of nitrogens with zero attached hydrogens (tertiary/aromatic N) is 1. The Morgan fingerprint density at radius 1 is 1.00 bits per heavy atom. The first-order valence-electron chi connectivity index (χ1n) is 11.3. The van der Waals surface area contributed by atoms with Gasteiger partial charge in [-0.05, 0) is 48.1 Å². The number of hydrogen-bond acceptors (Lipinski definition) is 3. The zero-order valence-corrected chi connectivity index (χ0v) is 18.2. The number of hydrogen-bond donors (Lipinski definition) is 2. The normalized spacial score (nSPS) is 17.0. The van der Waals surface area contributed by atoms with Gasteiger partial charge in [-0.15, -0.1) is 0 Å². The van der Waals surface area contributed by atoms with Gasteiger partial charge in [0.1, 0.15) is 5.82 Å². The molecule has 2 aromatic carbocycles. The number of amides is 3. The standard InChI is InChI=1S/C25H30FN3O3/c26-22-8-3-7-21(15-22)25(10-13-32-14-11-25)18-28-24(31)27-12-4-9-23(30)29-16-19-5-1-2-6-20(19)17-29/h1-3,5-8,15H,4,9-14,16-18H2,(H2,27,28,31). The van der Waals surface area contributed by atoms with Crippen molar-refractivity contribution >= 4 is 11.9 Å². The fraction of sp³-hybridized carbons (Fsp3) is 0.440. The van der Waals surface area contributed by atoms with Crippen molar-refractivity contribution < 1.29 is 18.7 Å². The van der Waals surface area contributed by atoms with Gasteiger partial charge >= 0.3 is 6.03 Å². The van der Waals surface area contributed by atoms with Crippen molar-refractivity contribution in [2.45, 2.75) is 44.2 Å². The summed E-state index contributed by atoms with van der Waals surface area (Å²) in [5.74, 6) is -0.167. The highest BCUT2D eigenvalue weighted by atomic mass is 19.1. The van der Waals surface area contributed by atoms with Crippen LogP contribution in [0.5, 0.6) is 0 Å². The summed E-state index contributed by atoms with van der Waals surface area (Å²) >= 11 is 0. The van der Waals surface area contributed by atoms with Crippen LogP contribution in [-0.4, -0.2) is 43.1 Å². The Balaban J connectivity index is 1.20. The molecular formula is C25H30FN3O3. The predicted molar refractivity (Wildman–Crippen MR) is 119 cm³/mol. The topological polar surface area (TPSA) is 70.7 Å². The molecule has 1 saturated heterocycles. The number of benzene rings is 2. The zero-order chi connectivity index (χ0) is 22.4. The van der Waals surface area contributed by atoms with Crippen LogP contribution in [0.1, 0.15) is 42.4 Å². The Labute approximate surface area is 188 Å². The maximum Gasteiger partial charge on any atom is 0.314 e. The van der Waals surface area contributed by atoms with Gasteiger partial charge in [0, 0.05) is 51.2 Å². The van der Waals surface area contributed by atoms with Gasteiger partial charge in [-0.1, -0.05) is 36.4 Å². The Bertz CT molecular complexity index is 934. The van der Waals surface area contributed by atoms with Gasteiger partial charge < -0.3 is 20.3 Å². The van der Waals surface area contributed by atoms with Crippen LogP contribution in [0.2, 0.25) is 0 Å². The molecule has 2 aliphatic heterocycles. The highest BCUT2D eigenvalue weighted by molar-refractivity contribution is 5.77. The molecule has 2 aromatic rings. The lowest BCUT2D eigenvalue weighted by Crippen LogP contribution is -2.47. The SMILES string of the molecule is O=C(NCCCC(=O)N1Cc2ccccc2C1)NCC1(c2cccc(F)c2)CCOCC1. The molecule has 0 aliphatic carbocycles. The number of carbonyl (C=O) groups is 2. The lowest BCUT2D eigenvalue weighted by Gasteiger charge is -2.38. The summed E-state index contributed by atoms with van der Waals surface area (Å²) in [6.07, 6.45) is 2.44. The Morgan fingerprint density at radius 3 is 2.41 bits per heavy atom. The number of urea groups is 1. The highest BCUT2D eigenvalue weighted by Gasteiger charge is 2.35. The van der Waals surface area contributed by atoms with E-state index in [9.17, 15) is 14.0 Å². The van der Waals surface area contributed by atoms with Crippen molar-refractivity contribution in [1.29, 1.82) is 0 Å². The molecule has 0 atom stereocenters. The Hall–Kier alpha value is -2.93. The number of rotatable bonds is 7. The minimum atomic E-state index is -0.335. The summed E-state index contributed by atoms with van der Waals surface area (Å²) in [4.78, 5) is 26.7. The number of ether oxygens (including phenoxy) is 1. The zero-order valence-electron chi connectivity index (χ0n) is 18.2. The first-order chi connectivity index (χ1) is 15.6. The quantitative estimate of drug-likeness (QED) is 0.649. The molecule has 170 valence electrons. The van der Waals surface area contributed by atoms with Crippen LogP contribution in [0.25, 0.3) is 0 Å². The van der Waals surface area contributed by atoms with E-state index in [1.807, 2.05) is 23.1 Å². The van der Waals surface area contributed by atoms with Crippen molar-refractivity contribution in [1.82, 2.24) is 15.5 Å². The fourth-order valence-corrected chi connectivity index (χ4v) is 4.57. The summed E-state index contributed by atoms with van der Waals surface area (Å²) in [5.41, 5.74) is 2.97. The smallest absolute Gasteiger partial charge is 0.314 e. The van der Waals surface area contributed by atoms with E-state index in [-0.39, 0.29) is 23.2 Å². The van der Waals surface area contributed by atoms with Crippen LogP contribution >= 0.6 is 0 Å². The van der Waals surface area contributed by atoms with E-state index >= 15 is 0 Å². The van der Waals surface area contributed by atoms with E-state index in [4.69, 9.17) is 4.74 Å². The lowest BCUT2D eigenvalue weighted by molar-refractivity contribution is -0.131. The molecule has 2 heterocycles. The minimum absolute atomic E-state index is 0.107. The molecule has 0 radical (unpaired) electrons.